The first kappa shape index (κ1) is 35.2. The second-order valence-corrected chi connectivity index (χ2v) is 11.9. The molecule has 0 radical (unpaired) electrons. The van der Waals surface area contributed by atoms with E-state index in [9.17, 15) is 24.6 Å². The van der Waals surface area contributed by atoms with Crippen molar-refractivity contribution in [1.82, 2.24) is 34.3 Å². The van der Waals surface area contributed by atoms with Crippen molar-refractivity contribution in [2.75, 3.05) is 31.3 Å². The van der Waals surface area contributed by atoms with E-state index in [2.05, 4.69) is 35.7 Å². The zero-order valence-electron chi connectivity index (χ0n) is 27.1. The van der Waals surface area contributed by atoms with Gasteiger partial charge in [0.1, 0.15) is 30.3 Å². The molecule has 0 unspecified atom stereocenters. The van der Waals surface area contributed by atoms with Crippen LogP contribution in [-0.2, 0) is 24.9 Å². The molecule has 0 aliphatic rings. The Morgan fingerprint density at radius 2 is 1.96 bits per heavy atom. The largest absolute Gasteiger partial charge is 1.00 e. The van der Waals surface area contributed by atoms with Crippen molar-refractivity contribution in [2.24, 2.45) is 7.05 Å². The maximum absolute atomic E-state index is 13.7. The van der Waals surface area contributed by atoms with Gasteiger partial charge in [-0.2, -0.15) is 10.4 Å². The summed E-state index contributed by atoms with van der Waals surface area (Å²) in [6.07, 6.45) is 7.74. The summed E-state index contributed by atoms with van der Waals surface area (Å²) in [5.74, 6) is -0.323. The zero-order chi connectivity index (χ0) is 34.7. The number of nitrogens with zero attached hydrogens (tertiary/aromatic N) is 10. The molecule has 0 aliphatic carbocycles. The molecule has 1 amide bonds. The van der Waals surface area contributed by atoms with Crippen molar-refractivity contribution >= 4 is 50.9 Å². The van der Waals surface area contributed by atoms with E-state index in [4.69, 9.17) is 0 Å². The van der Waals surface area contributed by atoms with Gasteiger partial charge in [-0.3, -0.25) is 14.0 Å². The lowest BCUT2D eigenvalue weighted by atomic mass is 10.2. The van der Waals surface area contributed by atoms with Gasteiger partial charge in [-0.05, 0) is 57.9 Å². The van der Waals surface area contributed by atoms with Crippen molar-refractivity contribution in [2.45, 2.75) is 13.1 Å². The number of aromatic nitrogens is 7. The smallest absolute Gasteiger partial charge is 0.392 e. The van der Waals surface area contributed by atoms with E-state index in [1.54, 1.807) is 36.1 Å². The molecule has 0 spiro atoms. The molecular formula is C33H30BrFN12O3. The number of benzene rings is 2. The molecule has 0 atom stereocenters. The van der Waals surface area contributed by atoms with E-state index in [0.717, 1.165) is 22.2 Å². The minimum absolute atomic E-state index is 0. The minimum Gasteiger partial charge on any atom is -1.00 e. The molecule has 4 heterocycles. The van der Waals surface area contributed by atoms with Crippen LogP contribution in [0.15, 0.2) is 79.4 Å². The highest BCUT2D eigenvalue weighted by molar-refractivity contribution is 6.00. The topological polar surface area (TPSA) is 182 Å². The number of halogens is 2. The second-order valence-electron chi connectivity index (χ2n) is 11.9. The first-order valence-corrected chi connectivity index (χ1v) is 15.0. The number of pyridine rings is 1. The highest BCUT2D eigenvalue weighted by Gasteiger charge is 2.30. The van der Waals surface area contributed by atoms with Crippen LogP contribution in [0.5, 0.6) is 0 Å². The number of anilines is 3. The number of nitro groups is 1. The molecule has 2 N–H and O–H groups in total. The molecule has 50 heavy (non-hydrogen) atoms. The van der Waals surface area contributed by atoms with Crippen molar-refractivity contribution < 1.29 is 35.6 Å². The van der Waals surface area contributed by atoms with E-state index >= 15 is 0 Å². The summed E-state index contributed by atoms with van der Waals surface area (Å²) < 4.78 is 17.1. The first-order chi connectivity index (χ1) is 23.5. The summed E-state index contributed by atoms with van der Waals surface area (Å²) in [6.45, 7) is 0.997. The third-order valence-electron chi connectivity index (χ3n) is 7.81. The van der Waals surface area contributed by atoms with Crippen LogP contribution in [0.1, 0.15) is 17.1 Å². The predicted octanol–water partition coefficient (Wildman–Crippen LogP) is 1.59. The molecule has 4 aromatic heterocycles. The van der Waals surface area contributed by atoms with Crippen LogP contribution in [0.3, 0.4) is 0 Å². The summed E-state index contributed by atoms with van der Waals surface area (Å²) >= 11 is 0. The maximum atomic E-state index is 13.7. The number of nitrogens with one attached hydrogen (secondary N) is 2. The molecule has 6 aromatic rings. The quantitative estimate of drug-likeness (QED) is 0.0857. The molecule has 15 nitrogen and oxygen atoms in total. The van der Waals surface area contributed by atoms with Gasteiger partial charge in [0.25, 0.3) is 0 Å². The maximum Gasteiger partial charge on any atom is 0.392 e. The summed E-state index contributed by atoms with van der Waals surface area (Å²) in [4.78, 5) is 40.5. The van der Waals surface area contributed by atoms with Crippen LogP contribution in [-0.4, -0.2) is 70.2 Å². The van der Waals surface area contributed by atoms with Crippen molar-refractivity contribution in [3.8, 4) is 6.07 Å². The summed E-state index contributed by atoms with van der Waals surface area (Å²) in [7, 11) is 5.26. The van der Waals surface area contributed by atoms with E-state index in [1.807, 2.05) is 44.4 Å². The molecule has 0 bridgehead atoms. The Bertz CT molecular complexity index is 2310. The normalized spacial score (nSPS) is 11.4. The average molecular weight is 742 g/mol. The highest BCUT2D eigenvalue weighted by Crippen LogP contribution is 2.27. The van der Waals surface area contributed by atoms with Crippen LogP contribution in [0.2, 0.25) is 0 Å². The van der Waals surface area contributed by atoms with E-state index in [-0.39, 0.29) is 51.3 Å². The van der Waals surface area contributed by atoms with Gasteiger partial charge in [0.05, 0.1) is 50.6 Å². The molecular weight excluding hydrogens is 711 g/mol. The minimum atomic E-state index is -0.603. The van der Waals surface area contributed by atoms with Gasteiger partial charge in [0.15, 0.2) is 11.8 Å². The van der Waals surface area contributed by atoms with Crippen molar-refractivity contribution in [3.05, 3.63) is 112 Å². The van der Waals surface area contributed by atoms with Gasteiger partial charge in [0, 0.05) is 29.6 Å². The average Bonchev–Trinajstić information content (AvgIpc) is 3.60. The summed E-state index contributed by atoms with van der Waals surface area (Å²) in [5, 5.41) is 32.8. The number of nitriles is 1. The highest BCUT2D eigenvalue weighted by atomic mass is 79.9. The van der Waals surface area contributed by atoms with Crippen molar-refractivity contribution in [1.29, 1.82) is 5.26 Å². The number of hydrogen-bond acceptors (Lipinski definition) is 10. The zero-order valence-corrected chi connectivity index (χ0v) is 28.7. The fourth-order valence-electron chi connectivity index (χ4n) is 5.39. The SMILES string of the molecule is Cn1c(C#N)nc([N+](=O)[O-])c1C[N+](C)(C)C/C=C/C(=O)Nc1cc2c(Nc3ccc4c(cnn4Cc4cccc(F)c4)c3)ncnc2cn1.[Br-]. The monoisotopic (exact) mass is 740 g/mol. The number of quaternary nitrogens is 1. The first-order valence-electron chi connectivity index (χ1n) is 15.0. The molecule has 254 valence electrons. The molecule has 0 fully saturated rings. The molecule has 17 heteroatoms. The van der Waals surface area contributed by atoms with Gasteiger partial charge in [0.2, 0.25) is 5.91 Å². The van der Waals surface area contributed by atoms with E-state index in [0.29, 0.717) is 35.5 Å². The van der Waals surface area contributed by atoms with Gasteiger partial charge in [-0.25, -0.2) is 19.3 Å². The lowest BCUT2D eigenvalue weighted by molar-refractivity contribution is -0.898. The lowest BCUT2D eigenvalue weighted by Crippen LogP contribution is -3.00. The van der Waals surface area contributed by atoms with E-state index in [1.165, 1.54) is 35.3 Å². The Kier molecular flexibility index (Phi) is 10.2. The Hall–Kier alpha value is -6.12. The number of carbonyl (C=O) groups is 1. The molecule has 6 rings (SSSR count). The molecule has 0 aliphatic heterocycles. The van der Waals surface area contributed by atoms with Crippen LogP contribution < -0.4 is 27.6 Å². The van der Waals surface area contributed by atoms with Crippen molar-refractivity contribution in [3.63, 3.8) is 0 Å². The molecule has 0 saturated heterocycles. The lowest BCUT2D eigenvalue weighted by Gasteiger charge is -2.28. The number of likely N-dealkylation sites (N-methyl/N-ethyl adjacent to an activating group) is 1. The number of carbonyl (C=O) groups excluding carboxylic acids is 1. The second kappa shape index (κ2) is 14.6. The van der Waals surface area contributed by atoms with Crippen LogP contribution in [0.4, 0.5) is 27.5 Å². The number of amides is 1. The van der Waals surface area contributed by atoms with Crippen LogP contribution in [0, 0.1) is 27.3 Å². The Morgan fingerprint density at radius 3 is 2.72 bits per heavy atom. The van der Waals surface area contributed by atoms with Gasteiger partial charge < -0.3 is 42.2 Å². The third-order valence-corrected chi connectivity index (χ3v) is 7.81. The Labute approximate surface area is 295 Å². The molecule has 2 aromatic carbocycles. The predicted molar refractivity (Wildman–Crippen MR) is 179 cm³/mol. The van der Waals surface area contributed by atoms with Gasteiger partial charge in [-0.1, -0.05) is 12.1 Å². The number of hydrogen-bond donors (Lipinski definition) is 2. The van der Waals surface area contributed by atoms with Gasteiger partial charge >= 0.3 is 11.6 Å². The fourth-order valence-corrected chi connectivity index (χ4v) is 5.39. The van der Waals surface area contributed by atoms with Crippen LogP contribution >= 0.6 is 0 Å². The summed E-state index contributed by atoms with van der Waals surface area (Å²) in [5.41, 5.74) is 3.33. The third kappa shape index (κ3) is 7.77. The molecule has 0 saturated carbocycles. The number of rotatable bonds is 11. The van der Waals surface area contributed by atoms with E-state index < -0.39 is 10.8 Å². The number of fused-ring (bicyclic) bond motifs is 2. The fraction of sp³-hybridized carbons (Fsp3) is 0.182. The standard InChI is InChI=1S/C33H29FN12O3.BrH/c1-43-28(33(45(48)49)42-30(43)15-35)19-46(2,3)11-5-8-31(47)41-29-14-25-26(17-36-29)37-20-38-32(25)40-24-9-10-27-22(13-24)16-39-44(27)18-21-6-4-7-23(34)12-21;/h4-10,12-14,16-17,20H,11,18-19H2,1-3H3,(H-,36,37,38,40,41,47);1H/b8-5+;. The summed E-state index contributed by atoms with van der Waals surface area (Å²) in [6, 6.07) is 15.7. The number of imidazole rings is 1. The van der Waals surface area contributed by atoms with Gasteiger partial charge in [-0.15, -0.1) is 0 Å². The van der Waals surface area contributed by atoms with Crippen LogP contribution in [0.25, 0.3) is 21.8 Å². The Balaban J connectivity index is 0.00000486. The Morgan fingerprint density at radius 1 is 1.14 bits per heavy atom.